The average molecular weight is 229 g/mol. The molecule has 0 aliphatic heterocycles. The topological polar surface area (TPSA) is 28.7 Å². The number of H-pyrrole nitrogens is 1. The molecule has 0 saturated carbocycles. The number of hydrogen-bond acceptors (Lipinski definition) is 2. The van der Waals surface area contributed by atoms with Crippen molar-refractivity contribution in [1.82, 2.24) is 9.97 Å². The van der Waals surface area contributed by atoms with Gasteiger partial charge in [-0.05, 0) is 28.1 Å². The minimum Gasteiger partial charge on any atom is -0.360 e. The summed E-state index contributed by atoms with van der Waals surface area (Å²) in [6, 6.07) is 3.96. The Morgan fingerprint density at radius 2 is 2.45 bits per heavy atom. The number of thiazole rings is 1. The molecule has 0 aromatic carbocycles. The largest absolute Gasteiger partial charge is 0.360 e. The van der Waals surface area contributed by atoms with Crippen molar-refractivity contribution in [3.63, 3.8) is 0 Å². The number of halogens is 1. The Morgan fingerprint density at radius 3 is 3.00 bits per heavy atom. The molecule has 4 heteroatoms. The highest BCUT2D eigenvalue weighted by atomic mass is 79.9. The highest BCUT2D eigenvalue weighted by Crippen LogP contribution is 2.23. The highest BCUT2D eigenvalue weighted by molar-refractivity contribution is 9.11. The molecule has 0 atom stereocenters. The number of rotatable bonds is 1. The van der Waals surface area contributed by atoms with Crippen LogP contribution in [-0.2, 0) is 0 Å². The lowest BCUT2D eigenvalue weighted by atomic mass is 10.3. The molecule has 2 nitrogen and oxygen atoms in total. The molecular weight excluding hydrogens is 224 g/mol. The predicted molar refractivity (Wildman–Crippen MR) is 49.6 cm³/mol. The highest BCUT2D eigenvalue weighted by Gasteiger charge is 2.01. The number of aromatic amines is 1. The lowest BCUT2D eigenvalue weighted by Crippen LogP contribution is -1.74. The standard InChI is InChI=1S/C7H5BrN2S/c8-7-10-6(4-11-7)5-2-1-3-9-5/h1-4,9H. The van der Waals surface area contributed by atoms with Gasteiger partial charge in [-0.3, -0.25) is 0 Å². The molecule has 0 bridgehead atoms. The lowest BCUT2D eigenvalue weighted by molar-refractivity contribution is 1.31. The van der Waals surface area contributed by atoms with E-state index < -0.39 is 0 Å². The fourth-order valence-corrected chi connectivity index (χ4v) is 1.88. The van der Waals surface area contributed by atoms with Crippen LogP contribution in [0.1, 0.15) is 0 Å². The number of nitrogens with zero attached hydrogens (tertiary/aromatic N) is 1. The van der Waals surface area contributed by atoms with E-state index in [1.807, 2.05) is 23.7 Å². The third-order valence-electron chi connectivity index (χ3n) is 1.35. The first-order chi connectivity index (χ1) is 5.36. The molecule has 0 radical (unpaired) electrons. The van der Waals surface area contributed by atoms with Crippen LogP contribution in [0.2, 0.25) is 0 Å². The van der Waals surface area contributed by atoms with Crippen LogP contribution in [0, 0.1) is 0 Å². The van der Waals surface area contributed by atoms with E-state index in [9.17, 15) is 0 Å². The zero-order valence-corrected chi connectivity index (χ0v) is 7.95. The fraction of sp³-hybridized carbons (Fsp3) is 0. The summed E-state index contributed by atoms with van der Waals surface area (Å²) in [7, 11) is 0. The van der Waals surface area contributed by atoms with Crippen molar-refractivity contribution in [3.8, 4) is 11.4 Å². The SMILES string of the molecule is Brc1nc(-c2ccc[nH]2)cs1. The lowest BCUT2D eigenvalue weighted by Gasteiger charge is -1.86. The zero-order valence-electron chi connectivity index (χ0n) is 5.54. The third-order valence-corrected chi connectivity index (χ3v) is 2.72. The van der Waals surface area contributed by atoms with E-state index in [1.54, 1.807) is 11.3 Å². The minimum absolute atomic E-state index is 0.919. The van der Waals surface area contributed by atoms with Crippen molar-refractivity contribution in [3.05, 3.63) is 27.6 Å². The molecule has 0 spiro atoms. The third kappa shape index (κ3) is 1.36. The van der Waals surface area contributed by atoms with Gasteiger partial charge in [0, 0.05) is 11.6 Å². The van der Waals surface area contributed by atoms with Gasteiger partial charge in [0.25, 0.3) is 0 Å². The molecule has 56 valence electrons. The van der Waals surface area contributed by atoms with Gasteiger partial charge in [0.05, 0.1) is 11.4 Å². The Balaban J connectivity index is 2.45. The summed E-state index contributed by atoms with van der Waals surface area (Å²) in [5.41, 5.74) is 2.05. The summed E-state index contributed by atoms with van der Waals surface area (Å²) in [6.45, 7) is 0. The van der Waals surface area contributed by atoms with E-state index in [2.05, 4.69) is 25.9 Å². The fourth-order valence-electron chi connectivity index (χ4n) is 0.865. The second-order valence-electron chi connectivity index (χ2n) is 2.07. The quantitative estimate of drug-likeness (QED) is 0.800. The Hall–Kier alpha value is -0.610. The van der Waals surface area contributed by atoms with Gasteiger partial charge < -0.3 is 4.98 Å². The summed E-state index contributed by atoms with van der Waals surface area (Å²) in [5.74, 6) is 0. The molecule has 2 rings (SSSR count). The van der Waals surface area contributed by atoms with Gasteiger partial charge in [0.15, 0.2) is 3.92 Å². The molecule has 0 amide bonds. The first kappa shape index (κ1) is 7.06. The zero-order chi connectivity index (χ0) is 7.68. The maximum Gasteiger partial charge on any atom is 0.159 e. The maximum absolute atomic E-state index is 4.26. The van der Waals surface area contributed by atoms with Gasteiger partial charge in [-0.2, -0.15) is 0 Å². The van der Waals surface area contributed by atoms with E-state index in [0.717, 1.165) is 15.3 Å². The number of nitrogens with one attached hydrogen (secondary N) is 1. The normalized spacial score (nSPS) is 10.3. The Labute approximate surface area is 76.4 Å². The Bertz CT molecular complexity index is 339. The molecule has 11 heavy (non-hydrogen) atoms. The summed E-state index contributed by atoms with van der Waals surface area (Å²) >= 11 is 4.90. The molecule has 1 N–H and O–H groups in total. The van der Waals surface area contributed by atoms with E-state index >= 15 is 0 Å². The van der Waals surface area contributed by atoms with Crippen molar-refractivity contribution >= 4 is 27.3 Å². The molecule has 0 saturated heterocycles. The molecule has 0 unspecified atom stereocenters. The molecule has 0 fully saturated rings. The van der Waals surface area contributed by atoms with Crippen LogP contribution in [0.25, 0.3) is 11.4 Å². The van der Waals surface area contributed by atoms with Crippen LogP contribution in [0.3, 0.4) is 0 Å². The van der Waals surface area contributed by atoms with Crippen LogP contribution in [0.15, 0.2) is 27.6 Å². The van der Waals surface area contributed by atoms with Crippen LogP contribution in [0.5, 0.6) is 0 Å². The predicted octanol–water partition coefficient (Wildman–Crippen LogP) is 2.90. The summed E-state index contributed by atoms with van der Waals surface area (Å²) in [6.07, 6.45) is 1.89. The van der Waals surface area contributed by atoms with Crippen LogP contribution in [-0.4, -0.2) is 9.97 Å². The Kier molecular flexibility index (Phi) is 1.79. The van der Waals surface area contributed by atoms with Gasteiger partial charge in [-0.25, -0.2) is 4.98 Å². The van der Waals surface area contributed by atoms with E-state index in [1.165, 1.54) is 0 Å². The summed E-state index contributed by atoms with van der Waals surface area (Å²) < 4.78 is 0.919. The van der Waals surface area contributed by atoms with Crippen LogP contribution < -0.4 is 0 Å². The van der Waals surface area contributed by atoms with Crippen molar-refractivity contribution in [2.75, 3.05) is 0 Å². The molecule has 2 aromatic rings. The average Bonchev–Trinajstić information content (AvgIpc) is 2.55. The van der Waals surface area contributed by atoms with Crippen LogP contribution in [0.4, 0.5) is 0 Å². The van der Waals surface area contributed by atoms with Crippen molar-refractivity contribution in [2.45, 2.75) is 0 Å². The van der Waals surface area contributed by atoms with E-state index in [-0.39, 0.29) is 0 Å². The van der Waals surface area contributed by atoms with Gasteiger partial charge in [0.1, 0.15) is 0 Å². The minimum atomic E-state index is 0.919. The van der Waals surface area contributed by atoms with Crippen molar-refractivity contribution < 1.29 is 0 Å². The van der Waals surface area contributed by atoms with E-state index in [0.29, 0.717) is 0 Å². The first-order valence-electron chi connectivity index (χ1n) is 3.11. The smallest absolute Gasteiger partial charge is 0.159 e. The van der Waals surface area contributed by atoms with Crippen molar-refractivity contribution in [2.24, 2.45) is 0 Å². The van der Waals surface area contributed by atoms with E-state index in [4.69, 9.17) is 0 Å². The van der Waals surface area contributed by atoms with Gasteiger partial charge in [-0.1, -0.05) is 0 Å². The second kappa shape index (κ2) is 2.79. The molecular formula is C7H5BrN2S. The maximum atomic E-state index is 4.26. The van der Waals surface area contributed by atoms with Crippen molar-refractivity contribution in [1.29, 1.82) is 0 Å². The van der Waals surface area contributed by atoms with Crippen LogP contribution >= 0.6 is 27.3 Å². The monoisotopic (exact) mass is 228 g/mol. The molecule has 2 heterocycles. The van der Waals surface area contributed by atoms with Gasteiger partial charge >= 0.3 is 0 Å². The summed E-state index contributed by atoms with van der Waals surface area (Å²) in [5, 5.41) is 2.01. The molecule has 0 aliphatic rings. The summed E-state index contributed by atoms with van der Waals surface area (Å²) in [4.78, 5) is 7.35. The van der Waals surface area contributed by atoms with Gasteiger partial charge in [0.2, 0.25) is 0 Å². The number of hydrogen-bond donors (Lipinski definition) is 1. The Morgan fingerprint density at radius 1 is 1.55 bits per heavy atom. The number of aromatic nitrogens is 2. The first-order valence-corrected chi connectivity index (χ1v) is 4.78. The molecule has 2 aromatic heterocycles. The molecule has 0 aliphatic carbocycles. The van der Waals surface area contributed by atoms with Gasteiger partial charge in [-0.15, -0.1) is 11.3 Å². The second-order valence-corrected chi connectivity index (χ2v) is 4.20.